The van der Waals surface area contributed by atoms with Crippen molar-refractivity contribution in [1.29, 1.82) is 0 Å². The quantitative estimate of drug-likeness (QED) is 0.766. The molecule has 2 rings (SSSR count). The highest BCUT2D eigenvalue weighted by Gasteiger charge is 2.09. The van der Waals surface area contributed by atoms with Gasteiger partial charge in [0.2, 0.25) is 0 Å². The zero-order valence-electron chi connectivity index (χ0n) is 14.0. The summed E-state index contributed by atoms with van der Waals surface area (Å²) in [5, 5.41) is 6.14. The van der Waals surface area contributed by atoms with Gasteiger partial charge in [-0.1, -0.05) is 38.5 Å². The first-order valence-corrected chi connectivity index (χ1v) is 8.11. The maximum atomic E-state index is 11.9. The number of nitrogens with one attached hydrogen (secondary N) is 2. The van der Waals surface area contributed by atoms with E-state index < -0.39 is 0 Å². The number of aromatic nitrogens is 2. The molecule has 0 spiro atoms. The minimum Gasteiger partial charge on any atom is -0.351 e. The average Bonchev–Trinajstić information content (AvgIpc) is 2.57. The van der Waals surface area contributed by atoms with Crippen LogP contribution in [0.4, 0.5) is 11.5 Å². The number of benzene rings is 1. The van der Waals surface area contributed by atoms with Crippen molar-refractivity contribution in [2.24, 2.45) is 0 Å². The van der Waals surface area contributed by atoms with Gasteiger partial charge < -0.3 is 10.6 Å². The van der Waals surface area contributed by atoms with Gasteiger partial charge in [0.15, 0.2) is 0 Å². The second-order valence-corrected chi connectivity index (χ2v) is 5.48. The third kappa shape index (κ3) is 4.52. The Balaban J connectivity index is 2.07. The molecular formula is C18H24N4O. The summed E-state index contributed by atoms with van der Waals surface area (Å²) in [6.45, 7) is 6.93. The molecule has 23 heavy (non-hydrogen) atoms. The summed E-state index contributed by atoms with van der Waals surface area (Å²) >= 11 is 0. The summed E-state index contributed by atoms with van der Waals surface area (Å²) < 4.78 is 0. The van der Waals surface area contributed by atoms with E-state index in [4.69, 9.17) is 0 Å². The minimum atomic E-state index is -0.178. The van der Waals surface area contributed by atoms with Crippen LogP contribution in [0.5, 0.6) is 0 Å². The molecule has 5 nitrogen and oxygen atoms in total. The van der Waals surface area contributed by atoms with Crippen LogP contribution in [-0.4, -0.2) is 22.4 Å². The number of nitrogens with zero attached hydrogens (tertiary/aromatic N) is 2. The number of unbranched alkanes of at least 4 members (excludes halogenated alkanes) is 1. The van der Waals surface area contributed by atoms with E-state index in [1.807, 2.05) is 0 Å². The molecule has 2 N–H and O–H groups in total. The first kappa shape index (κ1) is 16.9. The van der Waals surface area contributed by atoms with Gasteiger partial charge in [0, 0.05) is 12.2 Å². The number of anilines is 2. The van der Waals surface area contributed by atoms with Crippen LogP contribution in [0.2, 0.25) is 0 Å². The molecule has 0 radical (unpaired) electrons. The Bertz CT molecular complexity index is 653. The molecule has 0 saturated heterocycles. The highest BCUT2D eigenvalue weighted by molar-refractivity contribution is 5.92. The molecule has 0 saturated carbocycles. The molecule has 0 aliphatic heterocycles. The van der Waals surface area contributed by atoms with Crippen LogP contribution in [0.3, 0.4) is 0 Å². The number of rotatable bonds is 7. The highest BCUT2D eigenvalue weighted by Crippen LogP contribution is 2.24. The Kier molecular flexibility index (Phi) is 6.09. The normalized spacial score (nSPS) is 10.4. The minimum absolute atomic E-state index is 0.178. The van der Waals surface area contributed by atoms with Crippen LogP contribution in [0.15, 0.2) is 30.6 Å². The molecule has 5 heteroatoms. The summed E-state index contributed by atoms with van der Waals surface area (Å²) in [5.74, 6) is 0.460. The lowest BCUT2D eigenvalue weighted by Gasteiger charge is -2.13. The molecule has 0 aliphatic carbocycles. The Hall–Kier alpha value is -2.43. The van der Waals surface area contributed by atoms with Crippen molar-refractivity contribution in [3.63, 3.8) is 0 Å². The van der Waals surface area contributed by atoms with Crippen molar-refractivity contribution in [1.82, 2.24) is 15.3 Å². The van der Waals surface area contributed by atoms with E-state index in [0.717, 1.165) is 30.5 Å². The van der Waals surface area contributed by atoms with Crippen LogP contribution >= 0.6 is 0 Å². The number of para-hydroxylation sites is 1. The predicted octanol–water partition coefficient (Wildman–Crippen LogP) is 3.62. The fourth-order valence-corrected chi connectivity index (χ4v) is 2.31. The maximum absolute atomic E-state index is 11.9. The zero-order chi connectivity index (χ0) is 16.7. The van der Waals surface area contributed by atoms with E-state index in [9.17, 15) is 4.79 Å². The molecule has 0 bridgehead atoms. The van der Waals surface area contributed by atoms with Crippen molar-refractivity contribution in [3.05, 3.63) is 47.4 Å². The van der Waals surface area contributed by atoms with E-state index in [1.54, 1.807) is 6.20 Å². The fraction of sp³-hybridized carbons (Fsp3) is 0.389. The van der Waals surface area contributed by atoms with Crippen LogP contribution in [0.1, 0.15) is 48.3 Å². The smallest absolute Gasteiger partial charge is 0.271 e. The number of carbonyl (C=O) groups is 1. The largest absolute Gasteiger partial charge is 0.351 e. The Morgan fingerprint density at radius 2 is 2.00 bits per heavy atom. The Labute approximate surface area is 137 Å². The molecule has 0 atom stereocenters. The fourth-order valence-electron chi connectivity index (χ4n) is 2.31. The SMILES string of the molecule is CCCCNC(=O)c1cnc(Nc2c(C)cccc2CC)cn1. The maximum Gasteiger partial charge on any atom is 0.271 e. The van der Waals surface area contributed by atoms with E-state index >= 15 is 0 Å². The van der Waals surface area contributed by atoms with Gasteiger partial charge in [-0.05, 0) is 30.9 Å². The average molecular weight is 312 g/mol. The predicted molar refractivity (Wildman–Crippen MR) is 93.1 cm³/mol. The van der Waals surface area contributed by atoms with Crippen molar-refractivity contribution >= 4 is 17.4 Å². The number of aryl methyl sites for hydroxylation is 2. The molecule has 0 unspecified atom stereocenters. The lowest BCUT2D eigenvalue weighted by Crippen LogP contribution is -2.25. The third-order valence-electron chi connectivity index (χ3n) is 3.69. The van der Waals surface area contributed by atoms with Crippen molar-refractivity contribution in [3.8, 4) is 0 Å². The van der Waals surface area contributed by atoms with Crippen molar-refractivity contribution in [2.45, 2.75) is 40.0 Å². The number of carbonyl (C=O) groups excluding carboxylic acids is 1. The van der Waals surface area contributed by atoms with E-state index in [1.165, 1.54) is 11.8 Å². The van der Waals surface area contributed by atoms with Gasteiger partial charge in [-0.2, -0.15) is 0 Å². The summed E-state index contributed by atoms with van der Waals surface area (Å²) in [5.41, 5.74) is 3.79. The number of hydrogen-bond donors (Lipinski definition) is 2. The number of amides is 1. The van der Waals surface area contributed by atoms with Gasteiger partial charge >= 0.3 is 0 Å². The Morgan fingerprint density at radius 1 is 1.17 bits per heavy atom. The molecule has 1 heterocycles. The van der Waals surface area contributed by atoms with E-state index in [-0.39, 0.29) is 5.91 Å². The van der Waals surface area contributed by atoms with Gasteiger partial charge in [-0.3, -0.25) is 4.79 Å². The lowest BCUT2D eigenvalue weighted by atomic mass is 10.1. The van der Waals surface area contributed by atoms with Crippen LogP contribution in [-0.2, 0) is 6.42 Å². The Morgan fingerprint density at radius 3 is 2.65 bits per heavy atom. The van der Waals surface area contributed by atoms with Gasteiger partial charge in [0.25, 0.3) is 5.91 Å². The zero-order valence-corrected chi connectivity index (χ0v) is 14.0. The summed E-state index contributed by atoms with van der Waals surface area (Å²) in [7, 11) is 0. The van der Waals surface area contributed by atoms with Gasteiger partial charge in [0.1, 0.15) is 11.5 Å². The standard InChI is InChI=1S/C18H24N4O/c1-4-6-10-19-18(23)15-11-21-16(12-20-15)22-17-13(3)8-7-9-14(17)5-2/h7-9,11-12H,4-6,10H2,1-3H3,(H,19,23)(H,21,22). The van der Waals surface area contributed by atoms with Gasteiger partial charge in [-0.25, -0.2) is 9.97 Å². The first-order valence-electron chi connectivity index (χ1n) is 8.11. The topological polar surface area (TPSA) is 66.9 Å². The summed E-state index contributed by atoms with van der Waals surface area (Å²) in [4.78, 5) is 20.4. The second-order valence-electron chi connectivity index (χ2n) is 5.48. The highest BCUT2D eigenvalue weighted by atomic mass is 16.1. The third-order valence-corrected chi connectivity index (χ3v) is 3.69. The molecule has 1 aromatic carbocycles. The second kappa shape index (κ2) is 8.27. The number of hydrogen-bond acceptors (Lipinski definition) is 4. The van der Waals surface area contributed by atoms with Crippen LogP contribution < -0.4 is 10.6 Å². The first-order chi connectivity index (χ1) is 11.2. The lowest BCUT2D eigenvalue weighted by molar-refractivity contribution is 0.0948. The van der Waals surface area contributed by atoms with Gasteiger partial charge in [0.05, 0.1) is 12.4 Å². The molecule has 0 aliphatic rings. The molecule has 1 aromatic heterocycles. The van der Waals surface area contributed by atoms with E-state index in [0.29, 0.717) is 18.1 Å². The van der Waals surface area contributed by atoms with Crippen molar-refractivity contribution < 1.29 is 4.79 Å². The molecule has 0 fully saturated rings. The van der Waals surface area contributed by atoms with Crippen LogP contribution in [0, 0.1) is 6.92 Å². The molecule has 1 amide bonds. The summed E-state index contributed by atoms with van der Waals surface area (Å²) in [6, 6.07) is 6.21. The molecule has 122 valence electrons. The monoisotopic (exact) mass is 312 g/mol. The summed E-state index contributed by atoms with van der Waals surface area (Å²) in [6.07, 6.45) is 6.06. The van der Waals surface area contributed by atoms with Crippen LogP contribution in [0.25, 0.3) is 0 Å². The molecule has 2 aromatic rings. The molecular weight excluding hydrogens is 288 g/mol. The van der Waals surface area contributed by atoms with E-state index in [2.05, 4.69) is 59.6 Å². The van der Waals surface area contributed by atoms with Gasteiger partial charge in [-0.15, -0.1) is 0 Å². The van der Waals surface area contributed by atoms with Crippen molar-refractivity contribution in [2.75, 3.05) is 11.9 Å².